The molecule has 0 bridgehead atoms. The van der Waals surface area contributed by atoms with E-state index in [0.29, 0.717) is 21.8 Å². The number of rotatable bonds is 1. The summed E-state index contributed by atoms with van der Waals surface area (Å²) in [5.74, 6) is -1.48. The van der Waals surface area contributed by atoms with Crippen molar-refractivity contribution in [2.45, 2.75) is 38.5 Å². The van der Waals surface area contributed by atoms with Gasteiger partial charge in [-0.1, -0.05) is 13.8 Å². The Morgan fingerprint density at radius 3 is 2.81 bits per heavy atom. The Hall–Kier alpha value is -1.49. The van der Waals surface area contributed by atoms with Crippen LogP contribution in [0.4, 0.5) is 4.39 Å². The Morgan fingerprint density at radius 1 is 1.43 bits per heavy atom. The van der Waals surface area contributed by atoms with Gasteiger partial charge in [-0.3, -0.25) is 4.98 Å². The van der Waals surface area contributed by atoms with E-state index >= 15 is 0 Å². The highest BCUT2D eigenvalue weighted by atomic mass is 79.9. The van der Waals surface area contributed by atoms with Gasteiger partial charge in [0.25, 0.3) is 0 Å². The minimum Gasteiger partial charge on any atom is -0.478 e. The number of carbonyl (C=O) groups is 1. The lowest BCUT2D eigenvalue weighted by Gasteiger charge is -2.32. The first-order valence-corrected chi connectivity index (χ1v) is 7.66. The van der Waals surface area contributed by atoms with Crippen LogP contribution in [0.15, 0.2) is 16.6 Å². The van der Waals surface area contributed by atoms with E-state index < -0.39 is 11.8 Å². The zero-order chi connectivity index (χ0) is 15.4. The molecule has 1 aromatic carbocycles. The van der Waals surface area contributed by atoms with Crippen molar-refractivity contribution >= 4 is 32.8 Å². The fraction of sp³-hybridized carbons (Fsp3) is 0.375. The van der Waals surface area contributed by atoms with Crippen LogP contribution in [0, 0.1) is 5.82 Å². The molecule has 1 N–H and O–H groups in total. The molecule has 0 aliphatic heterocycles. The molecule has 0 atom stereocenters. The number of fused-ring (bicyclic) bond motifs is 2. The summed E-state index contributed by atoms with van der Waals surface area (Å²) in [7, 11) is 0. The normalized spacial score (nSPS) is 16.8. The van der Waals surface area contributed by atoms with Gasteiger partial charge in [0.1, 0.15) is 5.82 Å². The van der Waals surface area contributed by atoms with Crippen molar-refractivity contribution in [2.24, 2.45) is 0 Å². The molecule has 3 nitrogen and oxygen atoms in total. The summed E-state index contributed by atoms with van der Waals surface area (Å²) in [4.78, 5) is 16.4. The van der Waals surface area contributed by atoms with E-state index in [1.165, 1.54) is 12.1 Å². The predicted octanol–water partition coefficient (Wildman–Crippen LogP) is 4.45. The number of nitrogens with zero attached hydrogens (tertiary/aromatic N) is 1. The van der Waals surface area contributed by atoms with E-state index in [1.807, 2.05) is 0 Å². The second-order valence-electron chi connectivity index (χ2n) is 6.14. The number of pyridine rings is 1. The highest BCUT2D eigenvalue weighted by Crippen LogP contribution is 2.40. The van der Waals surface area contributed by atoms with Gasteiger partial charge in [-0.25, -0.2) is 9.18 Å². The summed E-state index contributed by atoms with van der Waals surface area (Å²) in [6, 6.07) is 2.58. The van der Waals surface area contributed by atoms with E-state index in [4.69, 9.17) is 0 Å². The molecular weight excluding hydrogens is 337 g/mol. The Labute approximate surface area is 130 Å². The van der Waals surface area contributed by atoms with Gasteiger partial charge in [0, 0.05) is 15.3 Å². The van der Waals surface area contributed by atoms with Crippen LogP contribution >= 0.6 is 15.9 Å². The summed E-state index contributed by atoms with van der Waals surface area (Å²) >= 11 is 3.30. The number of carboxylic acids is 1. The lowest BCUT2D eigenvalue weighted by atomic mass is 9.74. The van der Waals surface area contributed by atoms with E-state index in [2.05, 4.69) is 34.8 Å². The van der Waals surface area contributed by atoms with Crippen LogP contribution in [0.25, 0.3) is 10.9 Å². The second kappa shape index (κ2) is 4.77. The smallest absolute Gasteiger partial charge is 0.336 e. The van der Waals surface area contributed by atoms with Crippen LogP contribution in [0.3, 0.4) is 0 Å². The van der Waals surface area contributed by atoms with E-state index in [9.17, 15) is 14.3 Å². The highest BCUT2D eigenvalue weighted by molar-refractivity contribution is 9.10. The molecule has 0 fully saturated rings. The fourth-order valence-corrected chi connectivity index (χ4v) is 3.72. The Morgan fingerprint density at radius 2 is 2.14 bits per heavy atom. The van der Waals surface area contributed by atoms with Crippen LogP contribution in [0.2, 0.25) is 0 Å². The van der Waals surface area contributed by atoms with Crippen LogP contribution in [-0.4, -0.2) is 16.1 Å². The van der Waals surface area contributed by atoms with E-state index in [-0.39, 0.29) is 11.0 Å². The summed E-state index contributed by atoms with van der Waals surface area (Å²) in [5.41, 5.74) is 2.12. The van der Waals surface area contributed by atoms with E-state index in [0.717, 1.165) is 24.1 Å². The maximum absolute atomic E-state index is 13.7. The van der Waals surface area contributed by atoms with Gasteiger partial charge < -0.3 is 5.11 Å². The van der Waals surface area contributed by atoms with E-state index in [1.54, 1.807) is 0 Å². The van der Waals surface area contributed by atoms with Crippen molar-refractivity contribution in [1.82, 2.24) is 4.98 Å². The Balaban J connectivity index is 2.50. The second-order valence-corrected chi connectivity index (χ2v) is 6.99. The molecular formula is C16H15BrFNO2. The largest absolute Gasteiger partial charge is 0.478 e. The third kappa shape index (κ3) is 2.24. The van der Waals surface area contributed by atoms with Gasteiger partial charge in [0.2, 0.25) is 0 Å². The standard InChI is InChI=1S/C16H15BrFNO2/c1-16(2)5-3-4-9-12(15(20)21)10-6-8(18)7-11(17)13(10)19-14(9)16/h6-7H,3-5H2,1-2H3,(H,20,21). The van der Waals surface area contributed by atoms with Gasteiger partial charge in [0.05, 0.1) is 16.8 Å². The third-order valence-corrected chi connectivity index (χ3v) is 4.80. The Kier molecular flexibility index (Phi) is 3.28. The molecule has 0 unspecified atom stereocenters. The minimum absolute atomic E-state index is 0.167. The number of halogens is 2. The third-order valence-electron chi connectivity index (χ3n) is 4.19. The maximum Gasteiger partial charge on any atom is 0.336 e. The maximum atomic E-state index is 13.7. The predicted molar refractivity (Wildman–Crippen MR) is 82.3 cm³/mol. The molecule has 0 saturated carbocycles. The molecule has 3 rings (SSSR count). The van der Waals surface area contributed by atoms with Gasteiger partial charge in [-0.2, -0.15) is 0 Å². The zero-order valence-electron chi connectivity index (χ0n) is 11.8. The van der Waals surface area contributed by atoms with Crippen molar-refractivity contribution < 1.29 is 14.3 Å². The van der Waals surface area contributed by atoms with Gasteiger partial charge in [-0.05, 0) is 52.9 Å². The van der Waals surface area contributed by atoms with Crippen LogP contribution in [-0.2, 0) is 11.8 Å². The van der Waals surface area contributed by atoms with Crippen molar-refractivity contribution in [3.63, 3.8) is 0 Å². The fourth-order valence-electron chi connectivity index (χ4n) is 3.20. The first-order chi connectivity index (χ1) is 9.81. The molecule has 1 aliphatic rings. The average Bonchev–Trinajstić information content (AvgIpc) is 2.35. The molecule has 0 saturated heterocycles. The van der Waals surface area contributed by atoms with Crippen LogP contribution < -0.4 is 0 Å². The molecule has 1 aromatic heterocycles. The number of aromatic carboxylic acids is 1. The Bertz CT molecular complexity index is 771. The van der Waals surface area contributed by atoms with Crippen molar-refractivity contribution in [2.75, 3.05) is 0 Å². The van der Waals surface area contributed by atoms with Gasteiger partial charge in [0.15, 0.2) is 0 Å². The number of hydrogen-bond donors (Lipinski definition) is 1. The number of benzene rings is 1. The minimum atomic E-state index is -1.02. The average molecular weight is 352 g/mol. The van der Waals surface area contributed by atoms with Crippen molar-refractivity contribution in [3.05, 3.63) is 39.2 Å². The molecule has 5 heteroatoms. The lowest BCUT2D eigenvalue weighted by molar-refractivity contribution is 0.0697. The monoisotopic (exact) mass is 351 g/mol. The molecule has 1 heterocycles. The summed E-state index contributed by atoms with van der Waals surface area (Å²) < 4.78 is 14.2. The molecule has 1 aliphatic carbocycles. The summed E-state index contributed by atoms with van der Waals surface area (Å²) in [6.07, 6.45) is 2.57. The topological polar surface area (TPSA) is 50.2 Å². The first-order valence-electron chi connectivity index (χ1n) is 6.86. The lowest BCUT2D eigenvalue weighted by Crippen LogP contribution is -2.27. The number of hydrogen-bond acceptors (Lipinski definition) is 2. The van der Waals surface area contributed by atoms with Gasteiger partial charge in [-0.15, -0.1) is 0 Å². The molecule has 0 radical (unpaired) electrons. The SMILES string of the molecule is CC1(C)CCCc2c1nc1c(Br)cc(F)cc1c2C(=O)O. The molecule has 0 spiro atoms. The molecule has 21 heavy (non-hydrogen) atoms. The van der Waals surface area contributed by atoms with Crippen LogP contribution in [0.1, 0.15) is 48.3 Å². The van der Waals surface area contributed by atoms with Crippen molar-refractivity contribution in [1.29, 1.82) is 0 Å². The number of carboxylic acid groups (broad SMARTS) is 1. The first kappa shape index (κ1) is 14.4. The van der Waals surface area contributed by atoms with Crippen molar-refractivity contribution in [3.8, 4) is 0 Å². The van der Waals surface area contributed by atoms with Gasteiger partial charge >= 0.3 is 5.97 Å². The zero-order valence-corrected chi connectivity index (χ0v) is 13.4. The summed E-state index contributed by atoms with van der Waals surface area (Å²) in [5, 5.41) is 9.99. The highest BCUT2D eigenvalue weighted by Gasteiger charge is 2.33. The molecule has 110 valence electrons. The number of aromatic nitrogens is 1. The molecule has 2 aromatic rings. The van der Waals surface area contributed by atoms with Crippen LogP contribution in [0.5, 0.6) is 0 Å². The summed E-state index contributed by atoms with van der Waals surface area (Å²) in [6.45, 7) is 4.15. The molecule has 0 amide bonds. The quantitative estimate of drug-likeness (QED) is 0.825.